The van der Waals surface area contributed by atoms with Crippen molar-refractivity contribution in [3.63, 3.8) is 0 Å². The molecular formula is C12H13NO4. The second-order valence-electron chi connectivity index (χ2n) is 3.60. The van der Waals surface area contributed by atoms with Gasteiger partial charge in [0.1, 0.15) is 5.75 Å². The van der Waals surface area contributed by atoms with Crippen LogP contribution in [0.15, 0.2) is 18.2 Å². The minimum absolute atomic E-state index is 0.243. The van der Waals surface area contributed by atoms with E-state index >= 15 is 0 Å². The van der Waals surface area contributed by atoms with E-state index in [9.17, 15) is 9.59 Å². The average molecular weight is 235 g/mol. The van der Waals surface area contributed by atoms with Crippen LogP contribution < -0.4 is 10.1 Å². The van der Waals surface area contributed by atoms with Gasteiger partial charge in [0.25, 0.3) is 0 Å². The highest BCUT2D eigenvalue weighted by Crippen LogP contribution is 2.39. The molecule has 2 rings (SSSR count). The lowest BCUT2D eigenvalue weighted by Crippen LogP contribution is -2.23. The van der Waals surface area contributed by atoms with Gasteiger partial charge >= 0.3 is 5.97 Å². The fourth-order valence-electron chi connectivity index (χ4n) is 1.92. The van der Waals surface area contributed by atoms with E-state index in [0.29, 0.717) is 17.0 Å². The van der Waals surface area contributed by atoms with Crippen LogP contribution in [0.25, 0.3) is 0 Å². The van der Waals surface area contributed by atoms with Crippen LogP contribution in [0.2, 0.25) is 0 Å². The molecule has 90 valence electrons. The van der Waals surface area contributed by atoms with Gasteiger partial charge in [-0.15, -0.1) is 0 Å². The lowest BCUT2D eigenvalue weighted by atomic mass is 10.00. The van der Waals surface area contributed by atoms with Crippen molar-refractivity contribution in [1.82, 2.24) is 0 Å². The molecule has 1 unspecified atom stereocenters. The lowest BCUT2D eigenvalue weighted by molar-refractivity contribution is -0.147. The summed E-state index contributed by atoms with van der Waals surface area (Å²) in [5.41, 5.74) is 1.16. The molecule has 0 bridgehead atoms. The quantitative estimate of drug-likeness (QED) is 0.633. The van der Waals surface area contributed by atoms with E-state index in [4.69, 9.17) is 9.47 Å². The third-order valence-corrected chi connectivity index (χ3v) is 2.62. The van der Waals surface area contributed by atoms with Gasteiger partial charge in [-0.25, -0.2) is 0 Å². The molecule has 0 saturated heterocycles. The minimum Gasteiger partial charge on any atom is -0.496 e. The Bertz CT molecular complexity index is 470. The Morgan fingerprint density at radius 3 is 2.88 bits per heavy atom. The molecule has 0 saturated carbocycles. The van der Waals surface area contributed by atoms with Crippen molar-refractivity contribution < 1.29 is 19.1 Å². The standard InChI is InChI=1S/C12H13NO4/c1-3-17-12(15)10-9-7(13-11(10)14)5-4-6-8(9)16-2/h4-6,10H,3H2,1-2H3,(H,13,14). The number of hydrogen-bond acceptors (Lipinski definition) is 4. The SMILES string of the molecule is CCOC(=O)C1C(=O)Nc2cccc(OC)c21. The van der Waals surface area contributed by atoms with Gasteiger partial charge in [0, 0.05) is 11.3 Å². The number of anilines is 1. The van der Waals surface area contributed by atoms with Crippen LogP contribution in [0.5, 0.6) is 5.75 Å². The van der Waals surface area contributed by atoms with E-state index in [-0.39, 0.29) is 12.5 Å². The number of carbonyl (C=O) groups excluding carboxylic acids is 2. The zero-order valence-corrected chi connectivity index (χ0v) is 9.65. The third-order valence-electron chi connectivity index (χ3n) is 2.62. The zero-order valence-electron chi connectivity index (χ0n) is 9.65. The largest absolute Gasteiger partial charge is 0.496 e. The maximum Gasteiger partial charge on any atom is 0.323 e. The summed E-state index contributed by atoms with van der Waals surface area (Å²) in [7, 11) is 1.50. The first-order chi connectivity index (χ1) is 8.19. The second-order valence-corrected chi connectivity index (χ2v) is 3.60. The topological polar surface area (TPSA) is 64.6 Å². The van der Waals surface area contributed by atoms with Crippen molar-refractivity contribution in [3.05, 3.63) is 23.8 Å². The fourth-order valence-corrected chi connectivity index (χ4v) is 1.92. The Labute approximate surface area is 98.7 Å². The molecule has 1 aromatic rings. The third kappa shape index (κ3) is 1.84. The van der Waals surface area contributed by atoms with Gasteiger partial charge < -0.3 is 14.8 Å². The molecule has 0 aliphatic carbocycles. The predicted molar refractivity (Wildman–Crippen MR) is 61.0 cm³/mol. The minimum atomic E-state index is -0.930. The summed E-state index contributed by atoms with van der Waals surface area (Å²) in [5.74, 6) is -1.34. The summed E-state index contributed by atoms with van der Waals surface area (Å²) in [6, 6.07) is 5.20. The number of esters is 1. The maximum absolute atomic E-state index is 11.7. The fraction of sp³-hybridized carbons (Fsp3) is 0.333. The molecule has 1 aliphatic rings. The highest BCUT2D eigenvalue weighted by Gasteiger charge is 2.39. The maximum atomic E-state index is 11.7. The molecule has 5 heteroatoms. The summed E-state index contributed by atoms with van der Waals surface area (Å²) >= 11 is 0. The number of rotatable bonds is 3. The number of nitrogens with one attached hydrogen (secondary N) is 1. The molecule has 0 spiro atoms. The van der Waals surface area contributed by atoms with Crippen LogP contribution >= 0.6 is 0 Å². The van der Waals surface area contributed by atoms with Crippen molar-refractivity contribution in [1.29, 1.82) is 0 Å². The van der Waals surface area contributed by atoms with E-state index < -0.39 is 11.9 Å². The molecule has 1 amide bonds. The highest BCUT2D eigenvalue weighted by atomic mass is 16.5. The molecule has 5 nitrogen and oxygen atoms in total. The van der Waals surface area contributed by atoms with Crippen LogP contribution in [0, 0.1) is 0 Å². The molecule has 1 N–H and O–H groups in total. The Balaban J connectivity index is 2.44. The second kappa shape index (κ2) is 4.45. The van der Waals surface area contributed by atoms with Crippen molar-refractivity contribution in [2.45, 2.75) is 12.8 Å². The lowest BCUT2D eigenvalue weighted by Gasteiger charge is -2.11. The van der Waals surface area contributed by atoms with E-state index in [2.05, 4.69) is 5.32 Å². The molecule has 1 aliphatic heterocycles. The van der Waals surface area contributed by atoms with Gasteiger partial charge in [-0.3, -0.25) is 9.59 Å². The Morgan fingerprint density at radius 2 is 2.24 bits per heavy atom. The van der Waals surface area contributed by atoms with E-state index in [1.807, 2.05) is 0 Å². The number of carbonyl (C=O) groups is 2. The molecule has 1 aromatic carbocycles. The highest BCUT2D eigenvalue weighted by molar-refractivity contribution is 6.15. The summed E-state index contributed by atoms with van der Waals surface area (Å²) in [4.78, 5) is 23.5. The Morgan fingerprint density at radius 1 is 1.47 bits per heavy atom. The summed E-state index contributed by atoms with van der Waals surface area (Å²) in [5, 5.41) is 2.64. The summed E-state index contributed by atoms with van der Waals surface area (Å²) in [6.45, 7) is 1.95. The molecule has 0 aromatic heterocycles. The van der Waals surface area contributed by atoms with Crippen LogP contribution in [-0.4, -0.2) is 25.6 Å². The number of benzene rings is 1. The first-order valence-corrected chi connectivity index (χ1v) is 5.33. The average Bonchev–Trinajstić information content (AvgIpc) is 2.65. The molecular weight excluding hydrogens is 222 g/mol. The monoisotopic (exact) mass is 235 g/mol. The number of amides is 1. The van der Waals surface area contributed by atoms with Crippen LogP contribution in [-0.2, 0) is 14.3 Å². The van der Waals surface area contributed by atoms with E-state index in [1.54, 1.807) is 25.1 Å². The smallest absolute Gasteiger partial charge is 0.323 e. The van der Waals surface area contributed by atoms with Crippen molar-refractivity contribution >= 4 is 17.6 Å². The van der Waals surface area contributed by atoms with Gasteiger partial charge in [-0.1, -0.05) is 6.07 Å². The Kier molecular flexibility index (Phi) is 2.99. The van der Waals surface area contributed by atoms with Crippen molar-refractivity contribution in [2.75, 3.05) is 19.0 Å². The van der Waals surface area contributed by atoms with Gasteiger partial charge in [0.2, 0.25) is 5.91 Å². The predicted octanol–water partition coefficient (Wildman–Crippen LogP) is 1.29. The number of methoxy groups -OCH3 is 1. The van der Waals surface area contributed by atoms with Crippen LogP contribution in [0.4, 0.5) is 5.69 Å². The Hall–Kier alpha value is -2.04. The van der Waals surface area contributed by atoms with E-state index in [0.717, 1.165) is 0 Å². The first-order valence-electron chi connectivity index (χ1n) is 5.33. The number of fused-ring (bicyclic) bond motifs is 1. The van der Waals surface area contributed by atoms with Gasteiger partial charge in [-0.05, 0) is 19.1 Å². The van der Waals surface area contributed by atoms with E-state index in [1.165, 1.54) is 7.11 Å². The number of ether oxygens (including phenoxy) is 2. The molecule has 1 heterocycles. The summed E-state index contributed by atoms with van der Waals surface area (Å²) in [6.07, 6.45) is 0. The molecule has 0 radical (unpaired) electrons. The van der Waals surface area contributed by atoms with Gasteiger partial charge in [0.15, 0.2) is 5.92 Å². The van der Waals surface area contributed by atoms with Gasteiger partial charge in [-0.2, -0.15) is 0 Å². The first kappa shape index (κ1) is 11.4. The summed E-state index contributed by atoms with van der Waals surface area (Å²) < 4.78 is 10.1. The normalized spacial score (nSPS) is 17.3. The molecule has 17 heavy (non-hydrogen) atoms. The number of hydrogen-bond donors (Lipinski definition) is 1. The molecule has 0 fully saturated rings. The van der Waals surface area contributed by atoms with Crippen LogP contribution in [0.1, 0.15) is 18.4 Å². The zero-order chi connectivity index (χ0) is 12.4. The molecule has 1 atom stereocenters. The van der Waals surface area contributed by atoms with Gasteiger partial charge in [0.05, 0.1) is 13.7 Å². The van der Waals surface area contributed by atoms with Crippen molar-refractivity contribution in [2.24, 2.45) is 0 Å². The van der Waals surface area contributed by atoms with Crippen molar-refractivity contribution in [3.8, 4) is 5.75 Å². The van der Waals surface area contributed by atoms with Crippen LogP contribution in [0.3, 0.4) is 0 Å².